The molecule has 0 saturated carbocycles. The lowest BCUT2D eigenvalue weighted by atomic mass is 10.0. The second-order valence-corrected chi connectivity index (χ2v) is 15.5. The summed E-state index contributed by atoms with van der Waals surface area (Å²) < 4.78 is 13.5. The molecule has 0 aliphatic rings. The zero-order valence-corrected chi connectivity index (χ0v) is 33.9. The third-order valence-electron chi connectivity index (χ3n) is 11.8. The summed E-state index contributed by atoms with van der Waals surface area (Å²) in [5.74, 6) is 1.61. The molecule has 0 spiro atoms. The van der Waals surface area contributed by atoms with E-state index in [2.05, 4.69) is 132 Å². The number of nitrogens with zero attached hydrogens (tertiary/aromatic N) is 4. The largest absolute Gasteiger partial charge is 0.455 e. The molecule has 9 aromatic carbocycles. The van der Waals surface area contributed by atoms with E-state index in [0.717, 1.165) is 99.9 Å². The number of hydrogen-bond donors (Lipinski definition) is 0. The third kappa shape index (κ3) is 6.40. The number of benzene rings is 9. The highest BCUT2D eigenvalue weighted by molar-refractivity contribution is 6.16. The highest BCUT2D eigenvalue weighted by Gasteiger charge is 2.25. The molecule has 0 N–H and O–H groups in total. The van der Waals surface area contributed by atoms with E-state index in [1.54, 1.807) is 0 Å². The highest BCUT2D eigenvalue weighted by Crippen LogP contribution is 2.46. The average Bonchev–Trinajstić information content (AvgIpc) is 3.95. The number of furan rings is 2. The number of para-hydroxylation sites is 3. The molecule has 0 saturated heterocycles. The van der Waals surface area contributed by atoms with Crippen LogP contribution in [0.1, 0.15) is 0 Å². The number of anilines is 3. The zero-order chi connectivity index (χ0) is 41.7. The number of hydrogen-bond acceptors (Lipinski definition) is 6. The van der Waals surface area contributed by atoms with Crippen LogP contribution in [-0.4, -0.2) is 15.0 Å². The Bertz CT molecular complexity index is 3520. The van der Waals surface area contributed by atoms with Crippen molar-refractivity contribution < 1.29 is 8.83 Å². The van der Waals surface area contributed by atoms with E-state index in [-0.39, 0.29) is 0 Å². The van der Waals surface area contributed by atoms with Gasteiger partial charge in [0.15, 0.2) is 23.1 Å². The molecule has 296 valence electrons. The maximum atomic E-state index is 6.95. The normalized spacial score (nSPS) is 11.5. The summed E-state index contributed by atoms with van der Waals surface area (Å²) in [5.41, 5.74) is 13.0. The Morgan fingerprint density at radius 1 is 0.302 bits per heavy atom. The Balaban J connectivity index is 1.08. The van der Waals surface area contributed by atoms with Crippen molar-refractivity contribution in [2.75, 3.05) is 4.90 Å². The topological polar surface area (TPSA) is 68.2 Å². The first-order valence-electron chi connectivity index (χ1n) is 21.0. The second kappa shape index (κ2) is 15.1. The average molecular weight is 809 g/mol. The summed E-state index contributed by atoms with van der Waals surface area (Å²) in [4.78, 5) is 17.9. The van der Waals surface area contributed by atoms with Gasteiger partial charge in [-0.2, -0.15) is 0 Å². The van der Waals surface area contributed by atoms with Crippen LogP contribution < -0.4 is 4.90 Å². The fraction of sp³-hybridized carbons (Fsp3) is 0. The minimum absolute atomic E-state index is 0.521. The first-order chi connectivity index (χ1) is 31.2. The third-order valence-corrected chi connectivity index (χ3v) is 11.8. The molecule has 0 amide bonds. The quantitative estimate of drug-likeness (QED) is 0.152. The summed E-state index contributed by atoms with van der Waals surface area (Å²) >= 11 is 0. The molecular formula is C57H36N4O2. The van der Waals surface area contributed by atoms with Gasteiger partial charge in [-0.3, -0.25) is 0 Å². The highest BCUT2D eigenvalue weighted by atomic mass is 16.3. The number of rotatable bonds is 8. The fourth-order valence-corrected chi connectivity index (χ4v) is 8.73. The Morgan fingerprint density at radius 2 is 0.762 bits per heavy atom. The Kier molecular flexibility index (Phi) is 8.71. The summed E-state index contributed by atoms with van der Waals surface area (Å²) in [6.07, 6.45) is 0. The van der Waals surface area contributed by atoms with Crippen LogP contribution in [0.15, 0.2) is 227 Å². The van der Waals surface area contributed by atoms with Crippen LogP contribution in [0.2, 0.25) is 0 Å². The number of fused-ring (bicyclic) bond motifs is 6. The van der Waals surface area contributed by atoms with E-state index in [0.29, 0.717) is 17.5 Å². The maximum Gasteiger partial charge on any atom is 0.167 e. The molecule has 6 nitrogen and oxygen atoms in total. The standard InChI is InChI=1S/C57H36N4O2/c1-4-15-37(16-5-1)39-27-31-42(32-28-39)61(43-33-29-40(30-34-43)38-17-6-2-7-18-38)49-36-35-47(52-46-22-11-13-26-51(46)63-54(49)52)56-58-55(41-19-8-3-9-20-41)59-57(60-56)48-24-14-23-45-44-21-10-12-25-50(44)62-53(45)48/h1-36H. The lowest BCUT2D eigenvalue weighted by molar-refractivity contribution is 0.668. The smallest absolute Gasteiger partial charge is 0.167 e. The van der Waals surface area contributed by atoms with Gasteiger partial charge in [0.05, 0.1) is 11.3 Å². The van der Waals surface area contributed by atoms with Gasteiger partial charge in [-0.1, -0.05) is 164 Å². The predicted molar refractivity (Wildman–Crippen MR) is 256 cm³/mol. The van der Waals surface area contributed by atoms with E-state index in [1.807, 2.05) is 91.0 Å². The first-order valence-corrected chi connectivity index (χ1v) is 21.0. The van der Waals surface area contributed by atoms with Gasteiger partial charge in [0.2, 0.25) is 0 Å². The van der Waals surface area contributed by atoms with E-state index in [4.69, 9.17) is 23.8 Å². The molecule has 0 radical (unpaired) electrons. The SMILES string of the molecule is c1ccc(-c2ccc(N(c3ccc(-c4ccccc4)cc3)c3ccc(-c4nc(-c5ccccc5)nc(-c5cccc6c5oc5ccccc56)n4)c4c3oc3ccccc34)cc2)cc1. The van der Waals surface area contributed by atoms with Crippen molar-refractivity contribution in [2.45, 2.75) is 0 Å². The van der Waals surface area contributed by atoms with Crippen molar-refractivity contribution in [1.29, 1.82) is 0 Å². The van der Waals surface area contributed by atoms with E-state index >= 15 is 0 Å². The molecule has 0 unspecified atom stereocenters. The van der Waals surface area contributed by atoms with Gasteiger partial charge < -0.3 is 13.7 Å². The van der Waals surface area contributed by atoms with Crippen LogP contribution in [0.3, 0.4) is 0 Å². The van der Waals surface area contributed by atoms with Gasteiger partial charge in [0, 0.05) is 44.0 Å². The van der Waals surface area contributed by atoms with Crippen molar-refractivity contribution in [3.05, 3.63) is 218 Å². The van der Waals surface area contributed by atoms with Gasteiger partial charge in [-0.05, 0) is 76.9 Å². The summed E-state index contributed by atoms with van der Waals surface area (Å²) in [6.45, 7) is 0. The summed E-state index contributed by atoms with van der Waals surface area (Å²) in [5, 5.41) is 3.93. The van der Waals surface area contributed by atoms with Crippen LogP contribution in [0.4, 0.5) is 17.1 Å². The number of aromatic nitrogens is 3. The molecule has 0 bridgehead atoms. The van der Waals surface area contributed by atoms with E-state index in [1.165, 1.54) is 0 Å². The monoisotopic (exact) mass is 808 g/mol. The lowest BCUT2D eigenvalue weighted by Crippen LogP contribution is -2.10. The minimum atomic E-state index is 0.521. The van der Waals surface area contributed by atoms with Crippen molar-refractivity contribution in [3.8, 4) is 56.4 Å². The molecule has 0 aliphatic heterocycles. The maximum absolute atomic E-state index is 6.95. The van der Waals surface area contributed by atoms with Crippen LogP contribution in [-0.2, 0) is 0 Å². The molecule has 63 heavy (non-hydrogen) atoms. The van der Waals surface area contributed by atoms with Gasteiger partial charge in [0.1, 0.15) is 16.7 Å². The van der Waals surface area contributed by atoms with Crippen molar-refractivity contribution in [1.82, 2.24) is 15.0 Å². The summed E-state index contributed by atoms with van der Waals surface area (Å²) in [6, 6.07) is 75.1. The molecule has 0 fully saturated rings. The van der Waals surface area contributed by atoms with Crippen molar-refractivity contribution in [3.63, 3.8) is 0 Å². The molecule has 6 heteroatoms. The Morgan fingerprint density at radius 3 is 1.38 bits per heavy atom. The molecule has 0 aliphatic carbocycles. The fourth-order valence-electron chi connectivity index (χ4n) is 8.73. The second-order valence-electron chi connectivity index (χ2n) is 15.5. The van der Waals surface area contributed by atoms with Crippen LogP contribution in [0, 0.1) is 0 Å². The van der Waals surface area contributed by atoms with Crippen LogP contribution in [0.25, 0.3) is 100 Å². The molecule has 12 aromatic rings. The molecule has 12 rings (SSSR count). The molecule has 3 heterocycles. The van der Waals surface area contributed by atoms with Gasteiger partial charge in [-0.15, -0.1) is 0 Å². The zero-order valence-electron chi connectivity index (χ0n) is 33.9. The van der Waals surface area contributed by atoms with Crippen LogP contribution in [0.5, 0.6) is 0 Å². The van der Waals surface area contributed by atoms with E-state index < -0.39 is 0 Å². The van der Waals surface area contributed by atoms with Crippen molar-refractivity contribution >= 4 is 60.9 Å². The van der Waals surface area contributed by atoms with Gasteiger partial charge >= 0.3 is 0 Å². The van der Waals surface area contributed by atoms with Gasteiger partial charge in [0.25, 0.3) is 0 Å². The summed E-state index contributed by atoms with van der Waals surface area (Å²) in [7, 11) is 0. The minimum Gasteiger partial charge on any atom is -0.455 e. The Hall–Kier alpha value is -8.61. The lowest BCUT2D eigenvalue weighted by Gasteiger charge is -2.26. The molecular weight excluding hydrogens is 773 g/mol. The van der Waals surface area contributed by atoms with Gasteiger partial charge in [-0.25, -0.2) is 15.0 Å². The molecule has 3 aromatic heterocycles. The predicted octanol–water partition coefficient (Wildman–Crippen LogP) is 15.5. The van der Waals surface area contributed by atoms with Crippen molar-refractivity contribution in [2.24, 2.45) is 0 Å². The van der Waals surface area contributed by atoms with Crippen LogP contribution >= 0.6 is 0 Å². The van der Waals surface area contributed by atoms with E-state index in [9.17, 15) is 0 Å². The Labute approximate surface area is 363 Å². The molecule has 0 atom stereocenters. The first kappa shape index (κ1) is 36.3.